The number of primary amides is 1. The first-order valence-corrected chi connectivity index (χ1v) is 5.47. The lowest BCUT2D eigenvalue weighted by Crippen LogP contribution is -2.32. The zero-order valence-corrected chi connectivity index (χ0v) is 9.62. The molecule has 2 atom stereocenters. The van der Waals surface area contributed by atoms with E-state index in [0.29, 0.717) is 0 Å². The van der Waals surface area contributed by atoms with Crippen LogP contribution in [0.5, 0.6) is 0 Å². The second-order valence-electron chi connectivity index (χ2n) is 4.25. The van der Waals surface area contributed by atoms with Crippen molar-refractivity contribution >= 4 is 11.8 Å². The highest BCUT2D eigenvalue weighted by atomic mass is 19.4. The first-order chi connectivity index (χ1) is 9.23. The van der Waals surface area contributed by atoms with Crippen LogP contribution >= 0.6 is 0 Å². The van der Waals surface area contributed by atoms with E-state index in [9.17, 15) is 22.8 Å². The second-order valence-corrected chi connectivity index (χ2v) is 4.25. The molecule has 0 aromatic heterocycles. The summed E-state index contributed by atoms with van der Waals surface area (Å²) in [5.41, 5.74) is 4.00. The number of amides is 2. The third kappa shape index (κ3) is 2.54. The summed E-state index contributed by atoms with van der Waals surface area (Å²) in [6.07, 6.45) is -4.66. The van der Waals surface area contributed by atoms with E-state index in [1.807, 2.05) is 0 Å². The molecule has 0 radical (unpaired) electrons. The predicted molar refractivity (Wildman–Crippen MR) is 59.9 cm³/mol. The molecule has 0 bridgehead atoms. The van der Waals surface area contributed by atoms with E-state index in [2.05, 4.69) is 5.32 Å². The molecule has 2 unspecified atom stereocenters. The highest BCUT2D eigenvalue weighted by molar-refractivity contribution is 6.02. The largest absolute Gasteiger partial charge is 0.416 e. The van der Waals surface area contributed by atoms with Gasteiger partial charge in [-0.1, -0.05) is 18.2 Å². The summed E-state index contributed by atoms with van der Waals surface area (Å²) < 4.78 is 45.9. The summed E-state index contributed by atoms with van der Waals surface area (Å²) in [4.78, 5) is 22.8. The monoisotopic (exact) mass is 273 g/mol. The van der Waals surface area contributed by atoms with Crippen molar-refractivity contribution < 1.29 is 24.1 Å². The summed E-state index contributed by atoms with van der Waals surface area (Å²) >= 11 is 0. The number of halogens is 3. The number of hydrogen-bond acceptors (Lipinski definition) is 2. The first-order valence-electron chi connectivity index (χ1n) is 5.97. The fourth-order valence-electron chi connectivity index (χ4n) is 2.11. The molecule has 1 aromatic rings. The molecular formula is C12H11F3N2O2. The Labute approximate surface area is 108 Å². The van der Waals surface area contributed by atoms with Crippen LogP contribution < -0.4 is 11.1 Å². The number of carbonyl (C=O) groups is 2. The quantitative estimate of drug-likeness (QED) is 0.790. The number of nitrogens with two attached hydrogens (primary N) is 1. The molecule has 0 aliphatic carbocycles. The van der Waals surface area contributed by atoms with Gasteiger partial charge in [0.2, 0.25) is 11.8 Å². The van der Waals surface area contributed by atoms with Crippen molar-refractivity contribution in [2.24, 2.45) is 11.7 Å². The molecule has 102 valence electrons. The van der Waals surface area contributed by atoms with Crippen molar-refractivity contribution in [3.05, 3.63) is 35.4 Å². The molecule has 19 heavy (non-hydrogen) atoms. The van der Waals surface area contributed by atoms with Gasteiger partial charge in [0, 0.05) is 12.5 Å². The molecule has 2 rings (SSSR count). The van der Waals surface area contributed by atoms with Gasteiger partial charge < -0.3 is 11.1 Å². The van der Waals surface area contributed by atoms with Crippen LogP contribution in [-0.2, 0) is 15.8 Å². The lowest BCUT2D eigenvalue weighted by molar-refractivity contribution is -0.137. The second kappa shape index (κ2) is 4.56. The Hall–Kier alpha value is -2.05. The summed E-state index contributed by atoms with van der Waals surface area (Å²) in [5, 5.41) is 2.38. The molecule has 1 saturated heterocycles. The molecule has 1 aromatic carbocycles. The van der Waals surface area contributed by atoms with Crippen LogP contribution in [0.25, 0.3) is 0 Å². The van der Waals surface area contributed by atoms with E-state index in [-0.39, 0.29) is 12.1 Å². The van der Waals surface area contributed by atoms with Crippen LogP contribution in [0.3, 0.4) is 0 Å². The molecule has 1 aliphatic rings. The summed E-state index contributed by atoms with van der Waals surface area (Å²) in [5.74, 6) is -3.64. The molecule has 0 saturated carbocycles. The van der Waals surface area contributed by atoms with E-state index in [1.165, 1.54) is 6.07 Å². The average Bonchev–Trinajstić information content (AvgIpc) is 2.69. The van der Waals surface area contributed by atoms with Gasteiger partial charge in [-0.3, -0.25) is 9.59 Å². The van der Waals surface area contributed by atoms with Crippen LogP contribution in [0, 0.1) is 5.92 Å². The maximum Gasteiger partial charge on any atom is 0.416 e. The summed E-state index contributed by atoms with van der Waals surface area (Å²) in [6.45, 7) is -0.0143. The van der Waals surface area contributed by atoms with Crippen molar-refractivity contribution in [1.82, 2.24) is 5.32 Å². The Morgan fingerprint density at radius 3 is 2.74 bits per heavy atom. The topological polar surface area (TPSA) is 72.2 Å². The zero-order chi connectivity index (χ0) is 15.1. The third-order valence-corrected chi connectivity index (χ3v) is 3.01. The van der Waals surface area contributed by atoms with Crippen molar-refractivity contribution in [3.8, 4) is 0 Å². The number of carbonyl (C=O) groups excluding carboxylic acids is 2. The number of rotatable bonds is 2. The summed E-state index contributed by atoms with van der Waals surface area (Å²) in [6, 6.07) is 2.51. The maximum atomic E-state index is 12.8. The highest BCUT2D eigenvalue weighted by Gasteiger charge is 2.40. The van der Waals surface area contributed by atoms with E-state index < -0.39 is 41.4 Å². The van der Waals surface area contributed by atoms with Crippen molar-refractivity contribution in [1.29, 1.82) is 0 Å². The molecule has 3 N–H and O–H groups in total. The van der Waals surface area contributed by atoms with Gasteiger partial charge in [0.1, 0.15) is 5.92 Å². The number of alkyl halides is 3. The third-order valence-electron chi connectivity index (χ3n) is 3.01. The minimum atomic E-state index is -4.66. The standard InChI is InChI=1S/C12H11F3N2O2/c13-12(14,15)7-3-1-2-6(4-7)8-5-17-11(19)9(8)10(16)18/h1-4,8-9H,5H2,(H2,16,18)(H,17,19)/i4D. The van der Waals surface area contributed by atoms with E-state index in [0.717, 1.165) is 12.1 Å². The van der Waals surface area contributed by atoms with Gasteiger partial charge >= 0.3 is 6.18 Å². The van der Waals surface area contributed by atoms with Gasteiger partial charge in [-0.2, -0.15) is 13.2 Å². The van der Waals surface area contributed by atoms with Crippen LogP contribution in [0.15, 0.2) is 24.2 Å². The normalized spacial score (nSPS) is 23.9. The zero-order valence-electron chi connectivity index (χ0n) is 10.6. The van der Waals surface area contributed by atoms with E-state index in [1.54, 1.807) is 0 Å². The number of benzene rings is 1. The highest BCUT2D eigenvalue weighted by Crippen LogP contribution is 2.34. The fourth-order valence-corrected chi connectivity index (χ4v) is 2.11. The molecule has 2 amide bonds. The molecule has 0 spiro atoms. The predicted octanol–water partition coefficient (Wildman–Crippen LogP) is 1.02. The minimum Gasteiger partial charge on any atom is -0.369 e. The van der Waals surface area contributed by atoms with Gasteiger partial charge in [-0.05, 0) is 11.6 Å². The van der Waals surface area contributed by atoms with E-state index >= 15 is 0 Å². The van der Waals surface area contributed by atoms with Crippen molar-refractivity contribution in [2.75, 3.05) is 6.54 Å². The molecule has 1 aliphatic heterocycles. The number of hydrogen-bond donors (Lipinski definition) is 2. The van der Waals surface area contributed by atoms with Gasteiger partial charge in [0.25, 0.3) is 0 Å². The lowest BCUT2D eigenvalue weighted by atomic mass is 9.87. The Balaban J connectivity index is 2.49. The van der Waals surface area contributed by atoms with Crippen LogP contribution in [0.4, 0.5) is 13.2 Å². The molecule has 4 nitrogen and oxygen atoms in total. The van der Waals surface area contributed by atoms with Crippen LogP contribution in [-0.4, -0.2) is 18.4 Å². The van der Waals surface area contributed by atoms with Crippen molar-refractivity contribution in [2.45, 2.75) is 12.1 Å². The fraction of sp³-hybridized carbons (Fsp3) is 0.333. The number of nitrogens with one attached hydrogen (secondary N) is 1. The van der Waals surface area contributed by atoms with Gasteiger partial charge in [-0.25, -0.2) is 0 Å². The molecule has 7 heteroatoms. The maximum absolute atomic E-state index is 12.8. The van der Waals surface area contributed by atoms with E-state index in [4.69, 9.17) is 7.10 Å². The smallest absolute Gasteiger partial charge is 0.369 e. The SMILES string of the molecule is [2H]c1c(C2CNC(=O)C2C(N)=O)cccc1C(F)(F)F. The Kier molecular flexibility index (Phi) is 2.88. The van der Waals surface area contributed by atoms with Crippen LogP contribution in [0.2, 0.25) is 0 Å². The van der Waals surface area contributed by atoms with Crippen LogP contribution in [0.1, 0.15) is 18.4 Å². The van der Waals surface area contributed by atoms with Gasteiger partial charge in [0.15, 0.2) is 0 Å². The van der Waals surface area contributed by atoms with Gasteiger partial charge in [-0.15, -0.1) is 0 Å². The molecular weight excluding hydrogens is 261 g/mol. The van der Waals surface area contributed by atoms with Crippen molar-refractivity contribution in [3.63, 3.8) is 0 Å². The Morgan fingerprint density at radius 1 is 1.47 bits per heavy atom. The molecule has 1 fully saturated rings. The lowest BCUT2D eigenvalue weighted by Gasteiger charge is -2.16. The Bertz CT molecular complexity index is 574. The Morgan fingerprint density at radius 2 is 2.16 bits per heavy atom. The first kappa shape index (κ1) is 12.0. The van der Waals surface area contributed by atoms with Gasteiger partial charge in [0.05, 0.1) is 6.93 Å². The minimum absolute atomic E-state index is 0.0121. The molecule has 1 heterocycles. The summed E-state index contributed by atoms with van der Waals surface area (Å²) in [7, 11) is 0. The average molecular weight is 273 g/mol.